The summed E-state index contributed by atoms with van der Waals surface area (Å²) in [7, 11) is 5.54. The topological polar surface area (TPSA) is 288 Å². The van der Waals surface area contributed by atoms with Crippen LogP contribution in [0, 0.1) is 102 Å². The van der Waals surface area contributed by atoms with Gasteiger partial charge >= 0.3 is 17.9 Å². The third-order valence-electron chi connectivity index (χ3n) is 39.1. The molecule has 21 nitrogen and oxygen atoms in total. The van der Waals surface area contributed by atoms with Gasteiger partial charge in [-0.05, 0) is 260 Å². The van der Waals surface area contributed by atoms with Crippen LogP contribution < -0.4 is 0 Å². The summed E-state index contributed by atoms with van der Waals surface area (Å²) in [5.41, 5.74) is -3.84. The van der Waals surface area contributed by atoms with Crippen molar-refractivity contribution in [3.8, 4) is 0 Å². The van der Waals surface area contributed by atoms with Crippen molar-refractivity contribution < 1.29 is 81.1 Å². The van der Waals surface area contributed by atoms with E-state index >= 15 is 0 Å². The predicted octanol–water partition coefficient (Wildman–Crippen LogP) is 15.2. The second-order valence-electron chi connectivity index (χ2n) is 45.0. The van der Waals surface area contributed by atoms with E-state index in [9.17, 15) is 62.7 Å². The Morgan fingerprint density at radius 2 is 0.750 bits per heavy atom. The highest BCUT2D eigenvalue weighted by molar-refractivity contribution is 8.00. The molecule has 17 rings (SSSR count). The Hall–Kier alpha value is -3.11. The fourth-order valence-electron chi connectivity index (χ4n) is 30.3. The highest BCUT2D eigenvalue weighted by Crippen LogP contribution is 2.72. The van der Waals surface area contributed by atoms with Crippen LogP contribution in [0.3, 0.4) is 0 Å². The lowest BCUT2D eigenvalue weighted by Crippen LogP contribution is -2.63. The predicted molar refractivity (Wildman–Crippen MR) is 491 cm³/mol. The van der Waals surface area contributed by atoms with E-state index in [0.717, 1.165) is 115 Å². The van der Waals surface area contributed by atoms with E-state index in [1.165, 1.54) is 64.2 Å². The normalized spacial score (nSPS) is 48.5. The van der Waals surface area contributed by atoms with E-state index in [1.54, 1.807) is 24.8 Å². The van der Waals surface area contributed by atoms with Crippen LogP contribution in [0.15, 0.2) is 38.0 Å². The van der Waals surface area contributed by atoms with Gasteiger partial charge in [-0.1, -0.05) is 108 Å². The Morgan fingerprint density at radius 3 is 1.05 bits per heavy atom. The average molecular weight is 1790 g/mol. The summed E-state index contributed by atoms with van der Waals surface area (Å²) in [5, 5.41) is 54.2. The molecule has 0 aromatic carbocycles. The number of aliphatic hydroxyl groups excluding tert-OH is 5. The van der Waals surface area contributed by atoms with Gasteiger partial charge in [-0.15, -0.1) is 31.5 Å². The molecule has 8 heterocycles. The number of carbonyl (C=O) groups excluding carboxylic acids is 6. The second-order valence-corrected chi connectivity index (χ2v) is 48.6. The molecule has 11 unspecified atom stereocenters. The number of Topliss-reactive ketones (excluding diaryl/α,β-unsaturated/α-hetero) is 3. The van der Waals surface area contributed by atoms with Crippen LogP contribution in [0.1, 0.15) is 295 Å². The number of rotatable bonds is 13. The number of ether oxygens (including phenoxy) is 3. The molecule has 124 heavy (non-hydrogen) atoms. The van der Waals surface area contributed by atoms with Crippen LogP contribution in [0.4, 0.5) is 0 Å². The highest BCUT2D eigenvalue weighted by Gasteiger charge is 2.72. The second kappa shape index (κ2) is 38.5. The molecule has 9 saturated carbocycles. The van der Waals surface area contributed by atoms with Crippen LogP contribution in [-0.2, 0) is 57.3 Å². The zero-order chi connectivity index (χ0) is 91.1. The van der Waals surface area contributed by atoms with Crippen molar-refractivity contribution in [3.63, 3.8) is 0 Å². The van der Waals surface area contributed by atoms with Gasteiger partial charge < -0.3 is 59.3 Å². The van der Waals surface area contributed by atoms with E-state index in [-0.39, 0.29) is 99.4 Å². The van der Waals surface area contributed by atoms with E-state index in [0.29, 0.717) is 109 Å². The van der Waals surface area contributed by atoms with Crippen molar-refractivity contribution in [2.75, 3.05) is 46.8 Å². The van der Waals surface area contributed by atoms with E-state index < -0.39 is 91.8 Å². The summed E-state index contributed by atoms with van der Waals surface area (Å²) < 4.78 is 45.2. The summed E-state index contributed by atoms with van der Waals surface area (Å²) >= 11 is 6.30. The Morgan fingerprint density at radius 1 is 0.460 bits per heavy atom. The lowest BCUT2D eigenvalue weighted by molar-refractivity contribution is -0.207. The molecule has 0 aromatic rings. The van der Waals surface area contributed by atoms with E-state index in [1.807, 2.05) is 26.0 Å². The first kappa shape index (κ1) is 99.9. The number of nitrogens with zero attached hydrogens (tertiary/aromatic N) is 4. The third kappa shape index (κ3) is 18.5. The van der Waals surface area contributed by atoms with Gasteiger partial charge in [0.05, 0.1) is 42.5 Å². The lowest BCUT2D eigenvalue weighted by Gasteiger charge is -2.61. The Bertz CT molecular complexity index is 3770. The SMILES string of the molecule is C=C[C@]1(C)C[C@@H](OC(=O)CC)[C@]2(C)C(C)CC[C@]3(CCC(=O)[C@H]32)[C@@H](C)[C@@H]1O.C=C[C@]1(C)C[C@@H](OC(=O)CO)[C@]2(C)C(C)CC[C@]3(CCC(=O)[C@H]32)[C@@H](C)[C@@H]1O.C=C[C@]1(C)C[C@@H](OC(=O)CSC2CC3CCC(C2)N3C)[C@]2(C)C(C)CC[C@]3(CCC(=O)[C@H]32)[C@@H](C)[C@@H]1O.CN1C2CCC1CC(O)C2.CN1C2CCC1CC(OS(C)(=O)=O)C2.CN1C2CCC1CC(S)C2. The van der Waals surface area contributed by atoms with Crippen molar-refractivity contribution in [2.24, 2.45) is 102 Å². The average Bonchev–Trinajstić information content (AvgIpc) is 1.44. The van der Waals surface area contributed by atoms with E-state index in [2.05, 4.69) is 149 Å². The first-order valence-corrected chi connectivity index (χ1v) is 51.9. The number of thiol groups is 1. The van der Waals surface area contributed by atoms with Gasteiger partial charge in [-0.25, -0.2) is 4.79 Å². The molecule has 0 amide bonds. The molecular formula is C100H164N4O17S3. The number of hydrogen-bond donors (Lipinski definition) is 6. The Balaban J connectivity index is 0.000000143. The molecule has 0 radical (unpaired) electrons. The molecule has 8 saturated heterocycles. The molecule has 704 valence electrons. The third-order valence-corrected chi connectivity index (χ3v) is 41.5. The summed E-state index contributed by atoms with van der Waals surface area (Å²) in [6, 6.07) is 5.47. The summed E-state index contributed by atoms with van der Waals surface area (Å²) in [6.45, 7) is 38.6. The molecule has 8 aliphatic heterocycles. The summed E-state index contributed by atoms with van der Waals surface area (Å²) in [6.07, 6.45) is 33.9. The molecule has 5 N–H and O–H groups in total. The van der Waals surface area contributed by atoms with Gasteiger partial charge in [0.1, 0.15) is 42.3 Å². The molecule has 24 heteroatoms. The Kier molecular flexibility index (Phi) is 31.0. The first-order chi connectivity index (χ1) is 58.1. The van der Waals surface area contributed by atoms with Gasteiger partial charge in [0, 0.05) is 135 Å². The summed E-state index contributed by atoms with van der Waals surface area (Å²) in [5.74, 6) is 0.284. The van der Waals surface area contributed by atoms with Crippen molar-refractivity contribution in [3.05, 3.63) is 38.0 Å². The first-order valence-electron chi connectivity index (χ1n) is 48.5. The van der Waals surface area contributed by atoms with Crippen LogP contribution >= 0.6 is 24.4 Å². The van der Waals surface area contributed by atoms with Crippen molar-refractivity contribution >= 4 is 69.8 Å². The van der Waals surface area contributed by atoms with Crippen molar-refractivity contribution in [1.82, 2.24) is 19.6 Å². The van der Waals surface area contributed by atoms with Gasteiger partial charge in [0.25, 0.3) is 10.1 Å². The van der Waals surface area contributed by atoms with Gasteiger partial charge in [0.2, 0.25) is 0 Å². The monoisotopic (exact) mass is 1790 g/mol. The number of hydrogen-bond acceptors (Lipinski definition) is 23. The maximum Gasteiger partial charge on any atom is 0.332 e. The zero-order valence-electron chi connectivity index (χ0n) is 79.2. The molecule has 32 atom stereocenters. The van der Waals surface area contributed by atoms with Crippen molar-refractivity contribution in [2.45, 2.75) is 403 Å². The molecule has 17 aliphatic rings. The molecule has 0 spiro atoms. The summed E-state index contributed by atoms with van der Waals surface area (Å²) in [4.78, 5) is 87.5. The standard InChI is InChI=1S/C30H47NO4S.C23H36O4.C22H34O5.C9H17NO3S.C8H15NO.C8H15NS/c1-7-28(4)16-24(35-25(33)17-36-22-14-20-8-9-21(15-22)31(20)6)29(5)18(2)10-12-30(19(3)27(28)34)13-11-23(32)26(29)30;1-7-18(25)27-17-13-21(5,8-2)20(26)15(4)23-11-9-14(3)22(17,6)19(23)16(24)10-12-23;1-6-20(4)11-16(27-17(25)12-23)21(5)13(2)7-9-22(14(3)19(20)26)10-8-15(24)18(21)22;1-10-7-3-4-8(10)6-9(5-7)13-14(2,11)12;2*1-9-6-2-3-7(9)5-8(10)4-6/h7,18-22,24,26-27,34H,1,8-17H2,2-6H3;8,14-15,17,19-20,26H,2,7,9-13H2,1,3-6H3;6,13-14,16,18-19,23,26H,1,7-12H2,2-5H3;7-9H,3-6H2,1-2H3;2*6-8,10H,2-5H2,1H3/t18?,19-,20?,21?,22?,24+,26-,27-,28+,29-,30-;14?,15-,17+,19-,20-,21+,22-,23-;13?,14-,16+,18-,19-,20+,21-,22-;;;/m000.../s1. The van der Waals surface area contributed by atoms with Gasteiger partial charge in [0.15, 0.2) is 0 Å². The number of ketones is 3. The zero-order valence-corrected chi connectivity index (χ0v) is 81.7. The van der Waals surface area contributed by atoms with Crippen LogP contribution in [-0.4, -0.2) is 243 Å². The Labute approximate surface area is 755 Å². The number of aliphatic hydroxyl groups is 5. The largest absolute Gasteiger partial charge is 0.462 e. The van der Waals surface area contributed by atoms with E-state index in [4.69, 9.17) is 18.4 Å². The van der Waals surface area contributed by atoms with Crippen LogP contribution in [0.25, 0.3) is 0 Å². The number of fused-ring (bicyclic) bond motifs is 8. The minimum atomic E-state index is -3.28. The smallest absolute Gasteiger partial charge is 0.332 e. The number of thioether (sulfide) groups is 1. The fraction of sp³-hybridized carbons (Fsp3) is 0.880. The highest BCUT2D eigenvalue weighted by atomic mass is 32.2. The lowest BCUT2D eigenvalue weighted by atomic mass is 9.44. The minimum Gasteiger partial charge on any atom is -0.462 e. The van der Waals surface area contributed by atoms with Crippen molar-refractivity contribution in [1.29, 1.82) is 0 Å². The quantitative estimate of drug-likeness (QED) is 0.0328. The maximum absolute atomic E-state index is 13.5. The minimum absolute atomic E-state index is 0.00390. The number of carbonyl (C=O) groups is 6. The molecule has 17 fully saturated rings. The number of piperidine rings is 4. The van der Waals surface area contributed by atoms with Gasteiger partial charge in [-0.2, -0.15) is 21.0 Å². The van der Waals surface area contributed by atoms with Gasteiger partial charge in [-0.3, -0.25) is 28.2 Å². The maximum atomic E-state index is 13.5. The number of esters is 3. The molecular weight excluding hydrogens is 1630 g/mol. The molecule has 0 aromatic heterocycles. The van der Waals surface area contributed by atoms with Crippen LogP contribution in [0.5, 0.6) is 0 Å². The molecule has 9 aliphatic carbocycles. The molecule has 14 bridgehead atoms. The fourth-order valence-corrected chi connectivity index (χ4v) is 32.6. The van der Waals surface area contributed by atoms with Crippen LogP contribution in [0.2, 0.25) is 0 Å².